The van der Waals surface area contributed by atoms with Gasteiger partial charge in [-0.2, -0.15) is 0 Å². The highest BCUT2D eigenvalue weighted by Crippen LogP contribution is 2.54. The maximum atomic E-state index is 12.0. The van der Waals surface area contributed by atoms with Gasteiger partial charge in [0.05, 0.1) is 35.5 Å². The lowest BCUT2D eigenvalue weighted by atomic mass is 9.78. The molecular weight excluding hydrogens is 592 g/mol. The number of methoxy groups -OCH3 is 6. The van der Waals surface area contributed by atoms with Crippen LogP contribution in [0.3, 0.4) is 0 Å². The van der Waals surface area contributed by atoms with E-state index in [0.29, 0.717) is 63.4 Å². The van der Waals surface area contributed by atoms with Gasteiger partial charge in [0.25, 0.3) is 0 Å². The van der Waals surface area contributed by atoms with Crippen LogP contribution in [0.4, 0.5) is 0 Å². The number of aliphatic hydroxyl groups excluding tert-OH is 1. The van der Waals surface area contributed by atoms with Crippen molar-refractivity contribution in [2.75, 3.05) is 42.7 Å². The van der Waals surface area contributed by atoms with Crippen molar-refractivity contribution in [1.29, 1.82) is 0 Å². The highest BCUT2D eigenvalue weighted by atomic mass is 16.5. The molecule has 242 valence electrons. The third-order valence-corrected chi connectivity index (χ3v) is 8.84. The second kappa shape index (κ2) is 12.9. The van der Waals surface area contributed by atoms with Crippen LogP contribution in [0.5, 0.6) is 46.0 Å². The molecule has 0 amide bonds. The third-order valence-electron chi connectivity index (χ3n) is 8.84. The Kier molecular flexibility index (Phi) is 8.75. The Morgan fingerprint density at radius 1 is 0.630 bits per heavy atom. The quantitative estimate of drug-likeness (QED) is 0.237. The highest BCUT2D eigenvalue weighted by Gasteiger charge is 2.44. The first kappa shape index (κ1) is 31.2. The van der Waals surface area contributed by atoms with E-state index in [9.17, 15) is 10.2 Å². The molecule has 0 unspecified atom stereocenters. The summed E-state index contributed by atoms with van der Waals surface area (Å²) in [5, 5.41) is 24.1. The lowest BCUT2D eigenvalue weighted by Crippen LogP contribution is -2.36. The third kappa shape index (κ3) is 5.37. The summed E-state index contributed by atoms with van der Waals surface area (Å²) in [6, 6.07) is 20.1. The van der Waals surface area contributed by atoms with Crippen molar-refractivity contribution in [3.05, 3.63) is 94.5 Å². The summed E-state index contributed by atoms with van der Waals surface area (Å²) in [6.07, 6.45) is -2.48. The monoisotopic (exact) mass is 630 g/mol. The van der Waals surface area contributed by atoms with E-state index in [1.807, 2.05) is 48.5 Å². The van der Waals surface area contributed by atoms with Gasteiger partial charge in [0.1, 0.15) is 46.7 Å². The van der Waals surface area contributed by atoms with Crippen molar-refractivity contribution in [3.8, 4) is 46.0 Å². The first-order valence-electron chi connectivity index (χ1n) is 14.9. The molecule has 0 saturated carbocycles. The van der Waals surface area contributed by atoms with Crippen LogP contribution < -0.4 is 33.2 Å². The number of phenols is 1. The fraction of sp³-hybridized carbons (Fsp3) is 0.333. The Bertz CT molecular complexity index is 1700. The number of aromatic hydroxyl groups is 1. The predicted molar refractivity (Wildman–Crippen MR) is 169 cm³/mol. The van der Waals surface area contributed by atoms with Crippen LogP contribution in [0.25, 0.3) is 0 Å². The Labute approximate surface area is 267 Å². The van der Waals surface area contributed by atoms with Crippen molar-refractivity contribution in [1.82, 2.24) is 0 Å². The molecule has 0 bridgehead atoms. The van der Waals surface area contributed by atoms with Crippen LogP contribution in [0, 0.1) is 0 Å². The van der Waals surface area contributed by atoms with Gasteiger partial charge in [0.2, 0.25) is 0 Å². The van der Waals surface area contributed by atoms with Gasteiger partial charge in [0, 0.05) is 48.3 Å². The SMILES string of the molecule is COc1ccc([C@H]2Oc3cc(OC)ccc3[C@@H](c3c(OC)cc4c(c3O)C[C@@H](OC)[C@@H](c3ccc(OC)c(OC)c3)O4)[C@@H]2O)cc1. The summed E-state index contributed by atoms with van der Waals surface area (Å²) in [5.41, 5.74) is 3.21. The number of rotatable bonds is 9. The number of aliphatic hydroxyl groups is 1. The molecule has 6 rings (SSSR count). The van der Waals surface area contributed by atoms with Crippen LogP contribution in [0.15, 0.2) is 66.7 Å². The standard InChI is InChI=1S/C36H38O10/c1-39-21-10-7-19(8-11-21)36-34(38)31(23-13-12-22(40-2)16-26(23)46-36)32-29(43-5)18-27-24(33(32)37)17-30(44-6)35(45-27)20-9-14-25(41-3)28(15-20)42-4/h7-16,18,30-31,34-38H,17H2,1-6H3/t30-,31+,34+,35-,36-/m1/s1. The zero-order valence-corrected chi connectivity index (χ0v) is 26.6. The number of ether oxygens (including phenoxy) is 8. The van der Waals surface area contributed by atoms with Gasteiger partial charge in [-0.25, -0.2) is 0 Å². The van der Waals surface area contributed by atoms with E-state index in [2.05, 4.69) is 0 Å². The van der Waals surface area contributed by atoms with Crippen molar-refractivity contribution in [2.45, 2.75) is 36.8 Å². The molecule has 0 aromatic heterocycles. The number of phenolic OH excluding ortho intramolecular Hbond substituents is 1. The molecule has 4 aromatic carbocycles. The Morgan fingerprint density at radius 2 is 1.28 bits per heavy atom. The van der Waals surface area contributed by atoms with E-state index in [0.717, 1.165) is 11.1 Å². The molecule has 0 aliphatic carbocycles. The van der Waals surface area contributed by atoms with Crippen molar-refractivity contribution in [2.24, 2.45) is 0 Å². The van der Waals surface area contributed by atoms with Crippen molar-refractivity contribution in [3.63, 3.8) is 0 Å². The van der Waals surface area contributed by atoms with E-state index < -0.39 is 30.3 Å². The molecule has 2 aliphatic rings. The molecule has 2 heterocycles. The molecule has 0 radical (unpaired) electrons. The number of hydrogen-bond acceptors (Lipinski definition) is 10. The summed E-state index contributed by atoms with van der Waals surface area (Å²) in [4.78, 5) is 0. The molecule has 0 saturated heterocycles. The van der Waals surface area contributed by atoms with Crippen LogP contribution >= 0.6 is 0 Å². The van der Waals surface area contributed by atoms with Gasteiger partial charge in [-0.3, -0.25) is 0 Å². The van der Waals surface area contributed by atoms with Gasteiger partial charge in [0.15, 0.2) is 23.7 Å². The fourth-order valence-electron chi connectivity index (χ4n) is 6.44. The van der Waals surface area contributed by atoms with E-state index >= 15 is 0 Å². The second-order valence-corrected chi connectivity index (χ2v) is 11.1. The minimum Gasteiger partial charge on any atom is -0.507 e. The molecule has 46 heavy (non-hydrogen) atoms. The maximum Gasteiger partial charge on any atom is 0.161 e. The smallest absolute Gasteiger partial charge is 0.161 e. The molecule has 5 atom stereocenters. The van der Waals surface area contributed by atoms with E-state index in [-0.39, 0.29) is 5.75 Å². The van der Waals surface area contributed by atoms with Gasteiger partial charge >= 0.3 is 0 Å². The Morgan fingerprint density at radius 3 is 1.93 bits per heavy atom. The molecular formula is C36H38O10. The van der Waals surface area contributed by atoms with Crippen LogP contribution in [0.2, 0.25) is 0 Å². The minimum atomic E-state index is -1.10. The summed E-state index contributed by atoms with van der Waals surface area (Å²) in [5.74, 6) is 3.01. The molecule has 2 N–H and O–H groups in total. The van der Waals surface area contributed by atoms with Gasteiger partial charge in [-0.15, -0.1) is 0 Å². The summed E-state index contributed by atoms with van der Waals surface area (Å²) >= 11 is 0. The molecule has 0 spiro atoms. The molecule has 0 fully saturated rings. The number of fused-ring (bicyclic) bond motifs is 2. The summed E-state index contributed by atoms with van der Waals surface area (Å²) < 4.78 is 46.5. The van der Waals surface area contributed by atoms with E-state index in [4.69, 9.17) is 37.9 Å². The second-order valence-electron chi connectivity index (χ2n) is 11.1. The average Bonchev–Trinajstić information content (AvgIpc) is 3.10. The average molecular weight is 631 g/mol. The van der Waals surface area contributed by atoms with Crippen LogP contribution in [-0.2, 0) is 11.2 Å². The molecule has 10 nitrogen and oxygen atoms in total. The zero-order valence-electron chi connectivity index (χ0n) is 26.6. The van der Waals surface area contributed by atoms with E-state index in [1.165, 1.54) is 7.11 Å². The van der Waals surface area contributed by atoms with Gasteiger partial charge < -0.3 is 48.1 Å². The molecule has 2 aliphatic heterocycles. The number of hydrogen-bond donors (Lipinski definition) is 2. The van der Waals surface area contributed by atoms with Gasteiger partial charge in [-0.1, -0.05) is 24.3 Å². The first-order chi connectivity index (χ1) is 22.3. The lowest BCUT2D eigenvalue weighted by molar-refractivity contribution is -0.0126. The van der Waals surface area contributed by atoms with Gasteiger partial charge in [-0.05, 0) is 41.5 Å². The van der Waals surface area contributed by atoms with Crippen LogP contribution in [0.1, 0.15) is 45.9 Å². The molecule has 4 aromatic rings. The lowest BCUT2D eigenvalue weighted by Gasteiger charge is -2.39. The topological polar surface area (TPSA) is 114 Å². The fourth-order valence-corrected chi connectivity index (χ4v) is 6.44. The first-order valence-corrected chi connectivity index (χ1v) is 14.9. The van der Waals surface area contributed by atoms with Crippen molar-refractivity contribution >= 4 is 0 Å². The summed E-state index contributed by atoms with van der Waals surface area (Å²) in [6.45, 7) is 0. The minimum absolute atomic E-state index is 0.0386. The zero-order chi connectivity index (χ0) is 32.5. The van der Waals surface area contributed by atoms with Crippen molar-refractivity contribution < 1.29 is 48.1 Å². The highest BCUT2D eigenvalue weighted by molar-refractivity contribution is 5.63. The predicted octanol–water partition coefficient (Wildman–Crippen LogP) is 5.75. The Balaban J connectivity index is 1.46. The molecule has 10 heteroatoms. The summed E-state index contributed by atoms with van der Waals surface area (Å²) in [7, 11) is 9.47. The number of benzene rings is 4. The van der Waals surface area contributed by atoms with Crippen LogP contribution in [-0.4, -0.2) is 65.1 Å². The van der Waals surface area contributed by atoms with E-state index in [1.54, 1.807) is 53.7 Å². The normalized spacial score (nSPS) is 21.6. The Hall–Kier alpha value is -4.80. The largest absolute Gasteiger partial charge is 0.507 e. The maximum absolute atomic E-state index is 12.0.